The van der Waals surface area contributed by atoms with Gasteiger partial charge in [-0.15, -0.1) is 0 Å². The zero-order valence-electron chi connectivity index (χ0n) is 21.4. The molecule has 0 bridgehead atoms. The highest BCUT2D eigenvalue weighted by molar-refractivity contribution is 6.18. The fourth-order valence-electron chi connectivity index (χ4n) is 5.37. The van der Waals surface area contributed by atoms with Crippen molar-refractivity contribution in [2.24, 2.45) is 0 Å². The average Bonchev–Trinajstić information content (AvgIpc) is 2.83. The molecule has 0 aliphatic heterocycles. The van der Waals surface area contributed by atoms with Crippen LogP contribution < -0.4 is 10.9 Å². The van der Waals surface area contributed by atoms with Crippen LogP contribution >= 0.6 is 0 Å². The summed E-state index contributed by atoms with van der Waals surface area (Å²) in [6, 6.07) is 6.46. The monoisotopic (exact) mass is 556 g/mol. The Hall–Kier alpha value is -5.71. The Morgan fingerprint density at radius 3 is 1.56 bits per heavy atom. The molecule has 206 valence electrons. The maximum absolute atomic E-state index is 13.4. The minimum Gasteiger partial charge on any atom is -0.507 e. The number of ketones is 1. The van der Waals surface area contributed by atoms with Crippen LogP contribution in [0.1, 0.15) is 18.4 Å². The van der Waals surface area contributed by atoms with E-state index in [1.54, 1.807) is 6.92 Å². The Kier molecular flexibility index (Phi) is 5.39. The van der Waals surface area contributed by atoms with Gasteiger partial charge in [-0.05, 0) is 26.0 Å². The average molecular weight is 556 g/mol. The van der Waals surface area contributed by atoms with Crippen molar-refractivity contribution in [2.45, 2.75) is 20.3 Å². The predicted octanol–water partition coefficient (Wildman–Crippen LogP) is 4.55. The van der Waals surface area contributed by atoms with Crippen LogP contribution in [0.2, 0.25) is 0 Å². The summed E-state index contributed by atoms with van der Waals surface area (Å²) in [5.74, 6) is -3.33. The molecule has 2 aromatic heterocycles. The largest absolute Gasteiger partial charge is 0.507 e. The fourth-order valence-corrected chi connectivity index (χ4v) is 5.37. The zero-order valence-corrected chi connectivity index (χ0v) is 21.4. The summed E-state index contributed by atoms with van der Waals surface area (Å²) < 4.78 is 11.4. The molecule has 0 atom stereocenters. The summed E-state index contributed by atoms with van der Waals surface area (Å²) in [6.07, 6.45) is -0.183. The zero-order chi connectivity index (χ0) is 29.5. The number of aryl methyl sites for hydroxylation is 1. The third-order valence-corrected chi connectivity index (χ3v) is 6.94. The van der Waals surface area contributed by atoms with Crippen LogP contribution in [0.15, 0.2) is 54.8 Å². The van der Waals surface area contributed by atoms with Gasteiger partial charge in [0.1, 0.15) is 73.7 Å². The van der Waals surface area contributed by atoms with Crippen LogP contribution in [0, 0.1) is 6.92 Å². The van der Waals surface area contributed by atoms with Crippen molar-refractivity contribution in [3.8, 4) is 45.6 Å². The molecule has 0 saturated carbocycles. The lowest BCUT2D eigenvalue weighted by atomic mass is 9.90. The van der Waals surface area contributed by atoms with Gasteiger partial charge in [-0.2, -0.15) is 0 Å². The molecule has 6 aromatic rings. The lowest BCUT2D eigenvalue weighted by molar-refractivity contribution is -0.116. The fraction of sp³-hybridized carbons (Fsp3) is 0.100. The van der Waals surface area contributed by atoms with Gasteiger partial charge in [-0.25, -0.2) is 0 Å². The molecule has 4 aromatic carbocycles. The maximum atomic E-state index is 13.4. The van der Waals surface area contributed by atoms with Gasteiger partial charge in [-0.3, -0.25) is 14.4 Å². The van der Waals surface area contributed by atoms with Crippen molar-refractivity contribution in [1.29, 1.82) is 0 Å². The van der Waals surface area contributed by atoms with Gasteiger partial charge in [0, 0.05) is 46.2 Å². The number of carbonyl (C=O) groups excluding carboxylic acids is 1. The summed E-state index contributed by atoms with van der Waals surface area (Å²) >= 11 is 0. The van der Waals surface area contributed by atoms with E-state index in [9.17, 15) is 45.0 Å². The normalized spacial score (nSPS) is 11.7. The van der Waals surface area contributed by atoms with Gasteiger partial charge in [0.2, 0.25) is 0 Å². The van der Waals surface area contributed by atoms with Crippen LogP contribution in [0.4, 0.5) is 0 Å². The molecule has 0 aliphatic carbocycles. The minimum atomic E-state index is -0.856. The van der Waals surface area contributed by atoms with Gasteiger partial charge in [0.05, 0.1) is 17.2 Å². The van der Waals surface area contributed by atoms with Gasteiger partial charge < -0.3 is 39.5 Å². The number of hydrogen-bond donors (Lipinski definition) is 6. The molecule has 0 aliphatic rings. The van der Waals surface area contributed by atoms with E-state index in [1.807, 2.05) is 0 Å². The molecule has 2 heterocycles. The van der Waals surface area contributed by atoms with E-state index in [0.717, 1.165) is 18.2 Å². The van der Waals surface area contributed by atoms with Crippen molar-refractivity contribution in [3.05, 3.63) is 68.4 Å². The Morgan fingerprint density at radius 2 is 1.07 bits per heavy atom. The summed E-state index contributed by atoms with van der Waals surface area (Å²) in [5, 5.41) is 63.4. The van der Waals surface area contributed by atoms with E-state index >= 15 is 0 Å². The smallest absolute Gasteiger partial charge is 0.190 e. The van der Waals surface area contributed by atoms with Crippen LogP contribution in [-0.2, 0) is 11.2 Å². The highest BCUT2D eigenvalue weighted by Gasteiger charge is 2.26. The second kappa shape index (κ2) is 8.65. The van der Waals surface area contributed by atoms with Crippen molar-refractivity contribution < 1.29 is 44.3 Å². The molecule has 0 radical (unpaired) electrons. The molecule has 0 unspecified atom stereocenters. The number of aromatic hydroxyl groups is 6. The second-order valence-electron chi connectivity index (χ2n) is 9.80. The molecule has 41 heavy (non-hydrogen) atoms. The van der Waals surface area contributed by atoms with Crippen molar-refractivity contribution in [3.63, 3.8) is 0 Å². The third-order valence-electron chi connectivity index (χ3n) is 6.94. The highest BCUT2D eigenvalue weighted by Crippen LogP contribution is 2.48. The van der Waals surface area contributed by atoms with Gasteiger partial charge in [0.25, 0.3) is 0 Å². The van der Waals surface area contributed by atoms with Crippen LogP contribution in [0.3, 0.4) is 0 Å². The first-order valence-corrected chi connectivity index (χ1v) is 12.2. The van der Waals surface area contributed by atoms with Gasteiger partial charge in [0.15, 0.2) is 10.9 Å². The molecule has 6 rings (SSSR count). The Balaban J connectivity index is 1.83. The molecule has 0 amide bonds. The number of hydrogen-bond acceptors (Lipinski definition) is 11. The van der Waals surface area contributed by atoms with E-state index in [0.29, 0.717) is 0 Å². The Labute approximate surface area is 228 Å². The highest BCUT2D eigenvalue weighted by atomic mass is 16.3. The van der Waals surface area contributed by atoms with E-state index in [2.05, 4.69) is 0 Å². The number of phenolic OH excluding ortho intramolecular Hbond substituents is 4. The van der Waals surface area contributed by atoms with E-state index < -0.39 is 39.6 Å². The first-order chi connectivity index (χ1) is 19.4. The van der Waals surface area contributed by atoms with Gasteiger partial charge in [-0.1, -0.05) is 0 Å². The summed E-state index contributed by atoms with van der Waals surface area (Å²) in [5.41, 5.74) is -2.56. The van der Waals surface area contributed by atoms with E-state index in [4.69, 9.17) is 8.83 Å². The van der Waals surface area contributed by atoms with Crippen LogP contribution in [0.25, 0.3) is 54.6 Å². The molecule has 0 saturated heterocycles. The Morgan fingerprint density at radius 1 is 0.634 bits per heavy atom. The summed E-state index contributed by atoms with van der Waals surface area (Å²) in [7, 11) is 0. The second-order valence-corrected chi connectivity index (χ2v) is 9.80. The number of fused-ring (bicyclic) bond motifs is 4. The Bertz CT molecular complexity index is 2270. The molecule has 6 N–H and O–H groups in total. The van der Waals surface area contributed by atoms with E-state index in [-0.39, 0.29) is 84.1 Å². The van der Waals surface area contributed by atoms with Gasteiger partial charge >= 0.3 is 0 Å². The molecular formula is C30H20O11. The molecular weight excluding hydrogens is 536 g/mol. The number of Topliss-reactive ketones (excluding diaryl/α,β-unsaturated/α-hetero) is 1. The number of carbonyl (C=O) groups is 1. The lowest BCUT2D eigenvalue weighted by Crippen LogP contribution is -2.12. The van der Waals surface area contributed by atoms with Crippen molar-refractivity contribution in [1.82, 2.24) is 0 Å². The third kappa shape index (κ3) is 3.70. The number of benzene rings is 4. The molecule has 11 nitrogen and oxygen atoms in total. The number of rotatable bonds is 3. The maximum Gasteiger partial charge on any atom is 0.190 e. The first kappa shape index (κ1) is 25.6. The SMILES string of the molecule is CC(=O)Cc1cc(O)c2c(O)c3c(O)cc(=O)c(-c4c(=O)cc(O)c5c(O)c6c(O)cc(C)oc6cc45)c3cc2o1. The minimum absolute atomic E-state index is 0.0538. The van der Waals surface area contributed by atoms with Crippen molar-refractivity contribution in [2.75, 3.05) is 0 Å². The van der Waals surface area contributed by atoms with Crippen LogP contribution in [0.5, 0.6) is 34.5 Å². The topological polar surface area (TPSA) is 199 Å². The standard InChI is InChI=1S/C30H20O11/c1-10(31)3-12-5-16(33)28-22(41-12)7-14-24(18(35)9-20(37)26(14)30(28)39)23-13-6-21-27(15(32)4-11(2)40-21)29(38)25(13)19(36)8-17(23)34/h4-9,32-33,36-39H,3H2,1-2H3. The van der Waals surface area contributed by atoms with Crippen molar-refractivity contribution >= 4 is 49.3 Å². The summed E-state index contributed by atoms with van der Waals surface area (Å²) in [6.45, 7) is 2.85. The molecule has 0 fully saturated rings. The quantitative estimate of drug-likeness (QED) is 0.167. The molecule has 0 spiro atoms. The summed E-state index contributed by atoms with van der Waals surface area (Å²) in [4.78, 5) is 38.5. The van der Waals surface area contributed by atoms with E-state index in [1.165, 1.54) is 25.1 Å². The lowest BCUT2D eigenvalue weighted by Gasteiger charge is -2.15. The number of phenols is 4. The first-order valence-electron chi connectivity index (χ1n) is 12.2. The van der Waals surface area contributed by atoms with Crippen LogP contribution in [-0.4, -0.2) is 36.4 Å². The predicted molar refractivity (Wildman–Crippen MR) is 148 cm³/mol. The molecule has 11 heteroatoms.